The molecule has 20 heavy (non-hydrogen) atoms. The third-order valence-corrected chi connectivity index (χ3v) is 2.99. The number of non-ortho nitro benzene ring substituents is 1. The number of aliphatic hydroxyl groups is 2. The van der Waals surface area contributed by atoms with Gasteiger partial charge in [-0.3, -0.25) is 10.1 Å². The van der Waals surface area contributed by atoms with E-state index in [0.29, 0.717) is 5.56 Å². The molecule has 1 heterocycles. The van der Waals surface area contributed by atoms with Crippen LogP contribution in [0.1, 0.15) is 12.0 Å². The molecule has 1 fully saturated rings. The van der Waals surface area contributed by atoms with Crippen LogP contribution in [-0.4, -0.2) is 45.0 Å². The van der Waals surface area contributed by atoms with E-state index in [9.17, 15) is 25.1 Å². The first-order chi connectivity index (χ1) is 9.37. The number of nitro benzene ring substituents is 1. The molecule has 0 radical (unpaired) electrons. The van der Waals surface area contributed by atoms with E-state index in [1.165, 1.54) is 29.2 Å². The molecule has 0 aromatic heterocycles. The first-order valence-electron chi connectivity index (χ1n) is 5.97. The number of amides is 1. The van der Waals surface area contributed by atoms with Gasteiger partial charge in [-0.1, -0.05) is 0 Å². The molecule has 1 aromatic carbocycles. The number of ether oxygens (including phenoxy) is 1. The molecular weight excluding hydrogens is 268 g/mol. The zero-order valence-electron chi connectivity index (χ0n) is 10.6. The van der Waals surface area contributed by atoms with Crippen LogP contribution in [0.2, 0.25) is 0 Å². The number of likely N-dealkylation sites (tertiary alicyclic amines) is 1. The zero-order chi connectivity index (χ0) is 14.8. The highest BCUT2D eigenvalue weighted by Gasteiger charge is 2.36. The predicted octanol–water partition coefficient (Wildman–Crippen LogP) is 0.618. The van der Waals surface area contributed by atoms with Gasteiger partial charge in [0.25, 0.3) is 5.69 Å². The maximum absolute atomic E-state index is 11.7. The van der Waals surface area contributed by atoms with E-state index in [1.807, 2.05) is 0 Å². The summed E-state index contributed by atoms with van der Waals surface area (Å²) < 4.78 is 5.00. The quantitative estimate of drug-likeness (QED) is 0.477. The SMILES string of the molecule is O=C(OCc1ccc([N+](=O)[O-])cc1)N1CCC(O)(O)C1. The Morgan fingerprint density at radius 2 is 2.05 bits per heavy atom. The van der Waals surface area contributed by atoms with Crippen LogP contribution in [0.3, 0.4) is 0 Å². The lowest BCUT2D eigenvalue weighted by Crippen LogP contribution is -2.35. The second kappa shape index (κ2) is 5.43. The molecule has 1 aliphatic heterocycles. The van der Waals surface area contributed by atoms with Gasteiger partial charge in [0.1, 0.15) is 6.61 Å². The Balaban J connectivity index is 1.86. The fraction of sp³-hybridized carbons (Fsp3) is 0.417. The topological polar surface area (TPSA) is 113 Å². The van der Waals surface area contributed by atoms with E-state index < -0.39 is 16.8 Å². The first kappa shape index (κ1) is 14.2. The molecule has 0 bridgehead atoms. The van der Waals surface area contributed by atoms with Gasteiger partial charge in [0, 0.05) is 25.1 Å². The Hall–Kier alpha value is -2.19. The number of carbonyl (C=O) groups excluding carboxylic acids is 1. The number of rotatable bonds is 3. The fourth-order valence-electron chi connectivity index (χ4n) is 1.88. The monoisotopic (exact) mass is 282 g/mol. The van der Waals surface area contributed by atoms with Crippen molar-refractivity contribution < 1.29 is 24.7 Å². The molecular formula is C12H14N2O6. The van der Waals surface area contributed by atoms with Crippen LogP contribution in [0.15, 0.2) is 24.3 Å². The van der Waals surface area contributed by atoms with Gasteiger partial charge in [-0.25, -0.2) is 4.79 Å². The summed E-state index contributed by atoms with van der Waals surface area (Å²) in [7, 11) is 0. The van der Waals surface area contributed by atoms with Gasteiger partial charge in [-0.05, 0) is 17.7 Å². The molecule has 1 aliphatic rings. The molecule has 0 unspecified atom stereocenters. The van der Waals surface area contributed by atoms with E-state index in [-0.39, 0.29) is 31.8 Å². The number of nitrogens with zero attached hydrogens (tertiary/aromatic N) is 2. The maximum atomic E-state index is 11.7. The highest BCUT2D eigenvalue weighted by molar-refractivity contribution is 5.68. The first-order valence-corrected chi connectivity index (χ1v) is 5.97. The van der Waals surface area contributed by atoms with Crippen molar-refractivity contribution in [2.45, 2.75) is 18.8 Å². The van der Waals surface area contributed by atoms with Crippen LogP contribution in [0.4, 0.5) is 10.5 Å². The fourth-order valence-corrected chi connectivity index (χ4v) is 1.88. The maximum Gasteiger partial charge on any atom is 0.410 e. The van der Waals surface area contributed by atoms with E-state index in [2.05, 4.69) is 0 Å². The number of carbonyl (C=O) groups is 1. The number of nitro groups is 1. The third kappa shape index (κ3) is 3.43. The summed E-state index contributed by atoms with van der Waals surface area (Å²) in [4.78, 5) is 22.8. The van der Waals surface area contributed by atoms with Crippen LogP contribution in [0, 0.1) is 10.1 Å². The van der Waals surface area contributed by atoms with Crippen molar-refractivity contribution in [2.24, 2.45) is 0 Å². The van der Waals surface area contributed by atoms with Crippen molar-refractivity contribution in [3.05, 3.63) is 39.9 Å². The molecule has 2 rings (SSSR count). The number of benzene rings is 1. The number of hydrogen-bond donors (Lipinski definition) is 2. The highest BCUT2D eigenvalue weighted by Crippen LogP contribution is 2.19. The Labute approximate surface area is 114 Å². The molecule has 1 amide bonds. The average Bonchev–Trinajstić information content (AvgIpc) is 2.77. The van der Waals surface area contributed by atoms with E-state index in [0.717, 1.165) is 0 Å². The van der Waals surface area contributed by atoms with Gasteiger partial charge in [0.05, 0.1) is 11.5 Å². The largest absolute Gasteiger partial charge is 0.445 e. The molecule has 0 saturated carbocycles. The molecule has 0 atom stereocenters. The van der Waals surface area contributed by atoms with Gasteiger partial charge in [-0.15, -0.1) is 0 Å². The second-order valence-corrected chi connectivity index (χ2v) is 4.63. The zero-order valence-corrected chi connectivity index (χ0v) is 10.6. The lowest BCUT2D eigenvalue weighted by atomic mass is 10.2. The summed E-state index contributed by atoms with van der Waals surface area (Å²) in [5, 5.41) is 29.1. The van der Waals surface area contributed by atoms with Gasteiger partial charge in [0.15, 0.2) is 5.79 Å². The van der Waals surface area contributed by atoms with Gasteiger partial charge in [0.2, 0.25) is 0 Å². The van der Waals surface area contributed by atoms with Crippen LogP contribution in [-0.2, 0) is 11.3 Å². The Morgan fingerprint density at radius 3 is 2.55 bits per heavy atom. The minimum absolute atomic E-state index is 0.0306. The Morgan fingerprint density at radius 1 is 1.40 bits per heavy atom. The molecule has 8 heteroatoms. The standard InChI is InChI=1S/C12H14N2O6/c15-11(13-6-5-12(16,17)8-13)20-7-9-1-3-10(4-2-9)14(18)19/h1-4,16-17H,5-8H2. The summed E-state index contributed by atoms with van der Waals surface area (Å²) in [6.07, 6.45) is -0.562. The summed E-state index contributed by atoms with van der Waals surface area (Å²) in [6.45, 7) is -0.00459. The molecule has 0 aliphatic carbocycles. The number of hydrogen-bond acceptors (Lipinski definition) is 6. The van der Waals surface area contributed by atoms with Gasteiger partial charge >= 0.3 is 6.09 Å². The molecule has 108 valence electrons. The summed E-state index contributed by atoms with van der Waals surface area (Å²) in [5.74, 6) is -1.85. The van der Waals surface area contributed by atoms with Crippen LogP contribution in [0.5, 0.6) is 0 Å². The summed E-state index contributed by atoms with van der Waals surface area (Å²) in [5.41, 5.74) is 0.576. The lowest BCUT2D eigenvalue weighted by molar-refractivity contribution is -0.384. The average molecular weight is 282 g/mol. The molecule has 8 nitrogen and oxygen atoms in total. The second-order valence-electron chi connectivity index (χ2n) is 4.63. The number of β-amino-alcohol motifs (C(OH)–C–C–N with tert-alkyl or cyclic N) is 2. The minimum Gasteiger partial charge on any atom is -0.445 e. The van der Waals surface area contributed by atoms with E-state index >= 15 is 0 Å². The van der Waals surface area contributed by atoms with Crippen molar-refractivity contribution in [3.63, 3.8) is 0 Å². The smallest absolute Gasteiger partial charge is 0.410 e. The van der Waals surface area contributed by atoms with E-state index in [4.69, 9.17) is 4.74 Å². The van der Waals surface area contributed by atoms with Crippen molar-refractivity contribution >= 4 is 11.8 Å². The molecule has 0 spiro atoms. The van der Waals surface area contributed by atoms with Crippen molar-refractivity contribution in [1.29, 1.82) is 0 Å². The lowest BCUT2D eigenvalue weighted by Gasteiger charge is -2.17. The van der Waals surface area contributed by atoms with Crippen LogP contribution < -0.4 is 0 Å². The summed E-state index contributed by atoms with van der Waals surface area (Å²) >= 11 is 0. The molecule has 2 N–H and O–H groups in total. The molecule has 1 aromatic rings. The summed E-state index contributed by atoms with van der Waals surface area (Å²) in [6, 6.07) is 5.65. The Kier molecular flexibility index (Phi) is 3.86. The normalized spacial score (nSPS) is 17.0. The van der Waals surface area contributed by atoms with Crippen LogP contribution >= 0.6 is 0 Å². The van der Waals surface area contributed by atoms with Gasteiger partial charge < -0.3 is 19.8 Å². The van der Waals surface area contributed by atoms with Gasteiger partial charge in [-0.2, -0.15) is 0 Å². The van der Waals surface area contributed by atoms with E-state index in [1.54, 1.807) is 0 Å². The Bertz CT molecular complexity index is 513. The van der Waals surface area contributed by atoms with Crippen molar-refractivity contribution in [2.75, 3.05) is 13.1 Å². The minimum atomic E-state index is -1.85. The molecule has 1 saturated heterocycles. The predicted molar refractivity (Wildman–Crippen MR) is 66.6 cm³/mol. The van der Waals surface area contributed by atoms with Crippen molar-refractivity contribution in [3.8, 4) is 0 Å². The van der Waals surface area contributed by atoms with Crippen LogP contribution in [0.25, 0.3) is 0 Å². The van der Waals surface area contributed by atoms with Crippen molar-refractivity contribution in [1.82, 2.24) is 4.90 Å². The highest BCUT2D eigenvalue weighted by atomic mass is 16.6. The third-order valence-electron chi connectivity index (χ3n) is 2.99.